The van der Waals surface area contributed by atoms with Crippen LogP contribution in [-0.4, -0.2) is 12.1 Å². The van der Waals surface area contributed by atoms with Crippen molar-refractivity contribution >= 4 is 5.69 Å². The third-order valence-corrected chi connectivity index (χ3v) is 3.94. The summed E-state index contributed by atoms with van der Waals surface area (Å²) in [5.41, 5.74) is 1.20. The minimum atomic E-state index is 0.236. The summed E-state index contributed by atoms with van der Waals surface area (Å²) in [4.78, 5) is 0. The number of hydrogen-bond donors (Lipinski definition) is 1. The van der Waals surface area contributed by atoms with Crippen LogP contribution in [0.2, 0.25) is 0 Å². The number of nitrogens with one attached hydrogen (secondary N) is 1. The number of hydrogen-bond acceptors (Lipinski definition) is 2. The van der Waals surface area contributed by atoms with Crippen LogP contribution in [0.1, 0.15) is 26.7 Å². The van der Waals surface area contributed by atoms with E-state index in [-0.39, 0.29) is 6.10 Å². The van der Waals surface area contributed by atoms with Gasteiger partial charge in [-0.25, -0.2) is 0 Å². The van der Waals surface area contributed by atoms with Crippen LogP contribution in [0.25, 0.3) is 0 Å². The lowest BCUT2D eigenvalue weighted by Crippen LogP contribution is -2.43. The van der Waals surface area contributed by atoms with E-state index in [0.29, 0.717) is 6.04 Å². The highest BCUT2D eigenvalue weighted by atomic mass is 16.5. The molecule has 0 heterocycles. The fourth-order valence-corrected chi connectivity index (χ4v) is 3.00. The molecular formula is C16H21NO. The maximum atomic E-state index is 5.64. The van der Waals surface area contributed by atoms with Gasteiger partial charge in [0.25, 0.3) is 0 Å². The summed E-state index contributed by atoms with van der Waals surface area (Å²) < 4.78 is 5.64. The molecule has 0 aliphatic heterocycles. The third-order valence-electron chi connectivity index (χ3n) is 3.94. The zero-order valence-corrected chi connectivity index (χ0v) is 11.1. The predicted octanol–water partition coefficient (Wildman–Crippen LogP) is 3.85. The molecule has 0 saturated heterocycles. The van der Waals surface area contributed by atoms with Gasteiger partial charge in [0.1, 0.15) is 5.75 Å². The van der Waals surface area contributed by atoms with Gasteiger partial charge in [0, 0.05) is 17.6 Å². The lowest BCUT2D eigenvalue weighted by Gasteiger charge is -2.41. The number of ether oxygens (including phenoxy) is 1. The molecule has 2 heteroatoms. The van der Waals surface area contributed by atoms with E-state index in [2.05, 4.69) is 29.6 Å². The Morgan fingerprint density at radius 2 is 2.00 bits per heavy atom. The van der Waals surface area contributed by atoms with E-state index < -0.39 is 0 Å². The van der Waals surface area contributed by atoms with Gasteiger partial charge in [-0.1, -0.05) is 12.2 Å². The first kappa shape index (κ1) is 11.6. The van der Waals surface area contributed by atoms with Crippen LogP contribution in [0.15, 0.2) is 36.4 Å². The monoisotopic (exact) mass is 243 g/mol. The van der Waals surface area contributed by atoms with Crippen LogP contribution < -0.4 is 10.1 Å². The molecule has 0 bridgehead atoms. The SMILES string of the molecule is CC(C)Oc1ccc(NC2CC3CC=CC32)cc1. The van der Waals surface area contributed by atoms with Crippen LogP contribution >= 0.6 is 0 Å². The number of rotatable bonds is 4. The molecule has 0 spiro atoms. The van der Waals surface area contributed by atoms with Crippen LogP contribution in [-0.2, 0) is 0 Å². The molecule has 1 aromatic rings. The van der Waals surface area contributed by atoms with Crippen molar-refractivity contribution < 1.29 is 4.74 Å². The number of allylic oxidation sites excluding steroid dienone is 1. The number of anilines is 1. The molecule has 1 N–H and O–H groups in total. The highest BCUT2D eigenvalue weighted by molar-refractivity contribution is 5.48. The number of fused-ring (bicyclic) bond motifs is 1. The Morgan fingerprint density at radius 1 is 1.22 bits per heavy atom. The Hall–Kier alpha value is -1.44. The van der Waals surface area contributed by atoms with Gasteiger partial charge in [-0.05, 0) is 56.9 Å². The molecular weight excluding hydrogens is 222 g/mol. The minimum absolute atomic E-state index is 0.236. The molecule has 1 fully saturated rings. The molecule has 0 radical (unpaired) electrons. The van der Waals surface area contributed by atoms with Gasteiger partial charge in [-0.3, -0.25) is 0 Å². The van der Waals surface area contributed by atoms with Gasteiger partial charge in [-0.2, -0.15) is 0 Å². The van der Waals surface area contributed by atoms with Crippen molar-refractivity contribution in [2.24, 2.45) is 11.8 Å². The zero-order chi connectivity index (χ0) is 12.5. The second-order valence-electron chi connectivity index (χ2n) is 5.68. The van der Waals surface area contributed by atoms with Crippen LogP contribution in [0.5, 0.6) is 5.75 Å². The average molecular weight is 243 g/mol. The van der Waals surface area contributed by atoms with Gasteiger partial charge in [0.15, 0.2) is 0 Å². The highest BCUT2D eigenvalue weighted by Crippen LogP contribution is 2.44. The summed E-state index contributed by atoms with van der Waals surface area (Å²) in [5.74, 6) is 2.62. The topological polar surface area (TPSA) is 21.3 Å². The molecule has 0 aromatic heterocycles. The van der Waals surface area contributed by atoms with Crippen molar-refractivity contribution in [1.29, 1.82) is 0 Å². The predicted molar refractivity (Wildman–Crippen MR) is 75.0 cm³/mol. The molecule has 3 rings (SSSR count). The van der Waals surface area contributed by atoms with Crippen molar-refractivity contribution in [3.05, 3.63) is 36.4 Å². The van der Waals surface area contributed by atoms with Crippen LogP contribution in [0.4, 0.5) is 5.69 Å². The molecule has 2 aliphatic carbocycles. The molecule has 96 valence electrons. The fraction of sp³-hybridized carbons (Fsp3) is 0.500. The van der Waals surface area contributed by atoms with E-state index in [0.717, 1.165) is 17.6 Å². The first-order valence-corrected chi connectivity index (χ1v) is 6.92. The summed E-state index contributed by atoms with van der Waals surface area (Å²) in [6, 6.07) is 8.95. The summed E-state index contributed by atoms with van der Waals surface area (Å²) in [7, 11) is 0. The second kappa shape index (κ2) is 4.68. The van der Waals surface area contributed by atoms with E-state index in [1.807, 2.05) is 26.0 Å². The van der Waals surface area contributed by atoms with Crippen molar-refractivity contribution in [3.63, 3.8) is 0 Å². The smallest absolute Gasteiger partial charge is 0.119 e. The minimum Gasteiger partial charge on any atom is -0.491 e. The lowest BCUT2D eigenvalue weighted by molar-refractivity contribution is 0.218. The normalized spacial score (nSPS) is 28.9. The van der Waals surface area contributed by atoms with E-state index in [1.165, 1.54) is 18.5 Å². The Kier molecular flexibility index (Phi) is 3.02. The Morgan fingerprint density at radius 3 is 2.67 bits per heavy atom. The molecule has 2 nitrogen and oxygen atoms in total. The third kappa shape index (κ3) is 2.24. The van der Waals surface area contributed by atoms with E-state index in [1.54, 1.807) is 0 Å². The van der Waals surface area contributed by atoms with Crippen LogP contribution in [0.3, 0.4) is 0 Å². The van der Waals surface area contributed by atoms with Gasteiger partial charge in [0.05, 0.1) is 6.10 Å². The zero-order valence-electron chi connectivity index (χ0n) is 11.1. The van der Waals surface area contributed by atoms with Crippen LogP contribution in [0, 0.1) is 11.8 Å². The van der Waals surface area contributed by atoms with Crippen molar-refractivity contribution in [1.82, 2.24) is 0 Å². The summed E-state index contributed by atoms with van der Waals surface area (Å²) in [5, 5.41) is 3.62. The van der Waals surface area contributed by atoms with E-state index >= 15 is 0 Å². The lowest BCUT2D eigenvalue weighted by atomic mass is 9.71. The van der Waals surface area contributed by atoms with Gasteiger partial charge in [0.2, 0.25) is 0 Å². The van der Waals surface area contributed by atoms with E-state index in [4.69, 9.17) is 4.74 Å². The second-order valence-corrected chi connectivity index (χ2v) is 5.68. The van der Waals surface area contributed by atoms with Gasteiger partial charge < -0.3 is 10.1 Å². The van der Waals surface area contributed by atoms with Gasteiger partial charge in [-0.15, -0.1) is 0 Å². The molecule has 2 aliphatic rings. The van der Waals surface area contributed by atoms with Gasteiger partial charge >= 0.3 is 0 Å². The molecule has 3 unspecified atom stereocenters. The Balaban J connectivity index is 1.58. The molecule has 18 heavy (non-hydrogen) atoms. The summed E-state index contributed by atoms with van der Waals surface area (Å²) in [6.45, 7) is 4.10. The first-order chi connectivity index (χ1) is 8.72. The van der Waals surface area contributed by atoms with E-state index in [9.17, 15) is 0 Å². The fourth-order valence-electron chi connectivity index (χ4n) is 3.00. The molecule has 1 saturated carbocycles. The van der Waals surface area contributed by atoms with Crippen molar-refractivity contribution in [3.8, 4) is 5.75 Å². The molecule has 0 amide bonds. The largest absolute Gasteiger partial charge is 0.491 e. The Labute approximate surface area is 109 Å². The maximum Gasteiger partial charge on any atom is 0.119 e. The standard InChI is InChI=1S/C16H21NO/c1-11(2)18-14-8-6-13(7-9-14)17-16-10-12-4-3-5-15(12)16/h3,5-9,11-12,15-17H,4,10H2,1-2H3. The quantitative estimate of drug-likeness (QED) is 0.811. The molecule has 1 aromatic carbocycles. The summed E-state index contributed by atoms with van der Waals surface area (Å²) in [6.07, 6.45) is 7.53. The maximum absolute atomic E-state index is 5.64. The van der Waals surface area contributed by atoms with Crippen molar-refractivity contribution in [2.75, 3.05) is 5.32 Å². The molecule has 3 atom stereocenters. The van der Waals surface area contributed by atoms with Crippen molar-refractivity contribution in [2.45, 2.75) is 38.8 Å². The summed E-state index contributed by atoms with van der Waals surface area (Å²) >= 11 is 0. The number of benzene rings is 1. The average Bonchev–Trinajstić information content (AvgIpc) is 2.69. The Bertz CT molecular complexity index is 435. The highest BCUT2D eigenvalue weighted by Gasteiger charge is 2.40. The first-order valence-electron chi connectivity index (χ1n) is 6.92.